The van der Waals surface area contributed by atoms with Crippen molar-refractivity contribution in [3.8, 4) is 0 Å². The van der Waals surface area contributed by atoms with Crippen LogP contribution in [-0.4, -0.2) is 34.1 Å². The van der Waals surface area contributed by atoms with Crippen molar-refractivity contribution < 1.29 is 9.90 Å². The number of anilines is 1. The van der Waals surface area contributed by atoms with Crippen molar-refractivity contribution in [2.75, 3.05) is 18.0 Å². The number of carbonyl (C=O) groups is 1. The number of aromatic carboxylic acids is 1. The molecule has 0 amide bonds. The van der Waals surface area contributed by atoms with E-state index in [9.17, 15) is 4.79 Å². The van der Waals surface area contributed by atoms with Gasteiger partial charge in [-0.25, -0.2) is 14.8 Å². The van der Waals surface area contributed by atoms with Gasteiger partial charge >= 0.3 is 5.97 Å². The maximum atomic E-state index is 11.1. The molecule has 0 aromatic carbocycles. The molecule has 1 aromatic rings. The monoisotopic (exact) mass is 235 g/mol. The fourth-order valence-corrected chi connectivity index (χ4v) is 1.88. The lowest BCUT2D eigenvalue weighted by atomic mass is 10.3. The van der Waals surface area contributed by atoms with Gasteiger partial charge in [-0.15, -0.1) is 0 Å². The van der Waals surface area contributed by atoms with Crippen molar-refractivity contribution in [3.05, 3.63) is 18.1 Å². The van der Waals surface area contributed by atoms with Crippen LogP contribution in [0.4, 0.5) is 5.82 Å². The largest absolute Gasteiger partial charge is 0.476 e. The summed E-state index contributed by atoms with van der Waals surface area (Å²) in [6.45, 7) is 3.80. The molecule has 5 heteroatoms. The maximum absolute atomic E-state index is 11.1. The van der Waals surface area contributed by atoms with E-state index < -0.39 is 5.97 Å². The van der Waals surface area contributed by atoms with Crippen LogP contribution in [0.2, 0.25) is 0 Å². The average molecular weight is 235 g/mol. The second kappa shape index (κ2) is 5.12. The molecule has 2 rings (SSSR count). The minimum atomic E-state index is -1.01. The fourth-order valence-electron chi connectivity index (χ4n) is 1.88. The van der Waals surface area contributed by atoms with Crippen molar-refractivity contribution in [2.45, 2.75) is 26.2 Å². The molecule has 0 spiro atoms. The molecule has 1 saturated carbocycles. The molecule has 1 aliphatic rings. The van der Waals surface area contributed by atoms with Crippen LogP contribution < -0.4 is 4.90 Å². The lowest BCUT2D eigenvalue weighted by molar-refractivity contribution is 0.0690. The summed E-state index contributed by atoms with van der Waals surface area (Å²) in [6.07, 6.45) is 6.43. The minimum Gasteiger partial charge on any atom is -0.476 e. The number of carboxylic acids is 1. The van der Waals surface area contributed by atoms with E-state index in [1.807, 2.05) is 4.90 Å². The van der Waals surface area contributed by atoms with Crippen molar-refractivity contribution in [1.82, 2.24) is 9.97 Å². The fraction of sp³-hybridized carbons (Fsp3) is 0.583. The highest BCUT2D eigenvalue weighted by Gasteiger charge is 2.27. The summed E-state index contributed by atoms with van der Waals surface area (Å²) in [5.74, 6) is 0.198. The SMILES string of the molecule is CCCN(CC1CC1)c1nccnc1C(=O)O. The van der Waals surface area contributed by atoms with Gasteiger partial charge in [0, 0.05) is 25.5 Å². The molecule has 1 aromatic heterocycles. The first-order valence-electron chi connectivity index (χ1n) is 6.01. The minimum absolute atomic E-state index is 0.0570. The molecule has 1 N–H and O–H groups in total. The van der Waals surface area contributed by atoms with E-state index in [0.29, 0.717) is 11.7 Å². The van der Waals surface area contributed by atoms with Crippen molar-refractivity contribution in [2.24, 2.45) is 5.92 Å². The predicted octanol–water partition coefficient (Wildman–Crippen LogP) is 1.80. The molecule has 0 saturated heterocycles. The number of hydrogen-bond donors (Lipinski definition) is 1. The predicted molar refractivity (Wildman–Crippen MR) is 64.2 cm³/mol. The molecule has 0 unspecified atom stereocenters. The molecule has 0 aliphatic heterocycles. The van der Waals surface area contributed by atoms with E-state index in [2.05, 4.69) is 16.9 Å². The molecule has 5 nitrogen and oxygen atoms in total. The van der Waals surface area contributed by atoms with Crippen LogP contribution in [0.1, 0.15) is 36.7 Å². The van der Waals surface area contributed by atoms with Crippen molar-refractivity contribution in [3.63, 3.8) is 0 Å². The topological polar surface area (TPSA) is 66.3 Å². The lowest BCUT2D eigenvalue weighted by Crippen LogP contribution is -2.29. The maximum Gasteiger partial charge on any atom is 0.358 e. The van der Waals surface area contributed by atoms with Crippen molar-refractivity contribution in [1.29, 1.82) is 0 Å². The van der Waals surface area contributed by atoms with Crippen LogP contribution in [0.3, 0.4) is 0 Å². The number of carboxylic acid groups (broad SMARTS) is 1. The summed E-state index contributed by atoms with van der Waals surface area (Å²) >= 11 is 0. The zero-order valence-corrected chi connectivity index (χ0v) is 9.96. The third kappa shape index (κ3) is 2.93. The second-order valence-corrected chi connectivity index (χ2v) is 4.42. The summed E-state index contributed by atoms with van der Waals surface area (Å²) in [6, 6.07) is 0. The molecule has 1 heterocycles. The van der Waals surface area contributed by atoms with Gasteiger partial charge in [0.25, 0.3) is 0 Å². The van der Waals surface area contributed by atoms with Gasteiger partial charge in [-0.05, 0) is 25.2 Å². The Kier molecular flexibility index (Phi) is 3.56. The molecule has 92 valence electrons. The van der Waals surface area contributed by atoms with Gasteiger partial charge in [-0.1, -0.05) is 6.92 Å². The Hall–Kier alpha value is -1.65. The Labute approximate surface area is 100 Å². The van der Waals surface area contributed by atoms with E-state index in [0.717, 1.165) is 19.5 Å². The van der Waals surface area contributed by atoms with Gasteiger partial charge < -0.3 is 10.0 Å². The Morgan fingerprint density at radius 1 is 1.47 bits per heavy atom. The third-order valence-corrected chi connectivity index (χ3v) is 2.85. The Balaban J connectivity index is 2.23. The van der Waals surface area contributed by atoms with Crippen LogP contribution in [-0.2, 0) is 0 Å². The first-order valence-corrected chi connectivity index (χ1v) is 6.01. The summed E-state index contributed by atoms with van der Waals surface area (Å²) in [5.41, 5.74) is 0.0570. The molecule has 1 aliphatic carbocycles. The molecular weight excluding hydrogens is 218 g/mol. The van der Waals surface area contributed by atoms with Crippen LogP contribution >= 0.6 is 0 Å². The zero-order valence-electron chi connectivity index (χ0n) is 9.96. The number of aromatic nitrogens is 2. The van der Waals surface area contributed by atoms with Crippen molar-refractivity contribution >= 4 is 11.8 Å². The van der Waals surface area contributed by atoms with Gasteiger partial charge in [0.15, 0.2) is 11.5 Å². The molecule has 0 bridgehead atoms. The van der Waals surface area contributed by atoms with Crippen LogP contribution in [0, 0.1) is 5.92 Å². The van der Waals surface area contributed by atoms with Crippen LogP contribution in [0.25, 0.3) is 0 Å². The van der Waals surface area contributed by atoms with Gasteiger partial charge in [0.1, 0.15) is 0 Å². The summed E-state index contributed by atoms with van der Waals surface area (Å²) in [7, 11) is 0. The second-order valence-electron chi connectivity index (χ2n) is 4.42. The average Bonchev–Trinajstić information content (AvgIpc) is 3.12. The van der Waals surface area contributed by atoms with Crippen LogP contribution in [0.15, 0.2) is 12.4 Å². The Bertz CT molecular complexity index is 404. The van der Waals surface area contributed by atoms with E-state index >= 15 is 0 Å². The number of nitrogens with zero attached hydrogens (tertiary/aromatic N) is 3. The molecule has 1 fully saturated rings. The summed E-state index contributed by atoms with van der Waals surface area (Å²) in [4.78, 5) is 21.2. The van der Waals surface area contributed by atoms with Gasteiger partial charge in [-0.2, -0.15) is 0 Å². The highest BCUT2D eigenvalue weighted by Crippen LogP contribution is 2.31. The summed E-state index contributed by atoms with van der Waals surface area (Å²) in [5, 5.41) is 9.10. The number of rotatable bonds is 6. The molecular formula is C12H17N3O2. The van der Waals surface area contributed by atoms with E-state index in [4.69, 9.17) is 5.11 Å². The zero-order chi connectivity index (χ0) is 12.3. The standard InChI is InChI=1S/C12H17N3O2/c1-2-7-15(8-9-3-4-9)11-10(12(16)17)13-5-6-14-11/h5-6,9H,2-4,7-8H2,1H3,(H,16,17). The Morgan fingerprint density at radius 3 is 2.76 bits per heavy atom. The quantitative estimate of drug-likeness (QED) is 0.814. The third-order valence-electron chi connectivity index (χ3n) is 2.85. The lowest BCUT2D eigenvalue weighted by Gasteiger charge is -2.23. The first-order chi connectivity index (χ1) is 8.22. The first kappa shape index (κ1) is 11.8. The highest BCUT2D eigenvalue weighted by molar-refractivity contribution is 5.90. The molecule has 0 atom stereocenters. The normalized spacial score (nSPS) is 14.6. The van der Waals surface area contributed by atoms with E-state index in [1.54, 1.807) is 6.20 Å². The van der Waals surface area contributed by atoms with Crippen LogP contribution in [0.5, 0.6) is 0 Å². The molecule has 0 radical (unpaired) electrons. The smallest absolute Gasteiger partial charge is 0.358 e. The number of hydrogen-bond acceptors (Lipinski definition) is 4. The van der Waals surface area contributed by atoms with E-state index in [-0.39, 0.29) is 5.69 Å². The van der Waals surface area contributed by atoms with Gasteiger partial charge in [0.05, 0.1) is 0 Å². The molecule has 17 heavy (non-hydrogen) atoms. The summed E-state index contributed by atoms with van der Waals surface area (Å²) < 4.78 is 0. The van der Waals surface area contributed by atoms with E-state index in [1.165, 1.54) is 19.0 Å². The highest BCUT2D eigenvalue weighted by atomic mass is 16.4. The van der Waals surface area contributed by atoms with Gasteiger partial charge in [-0.3, -0.25) is 0 Å². The Morgan fingerprint density at radius 2 is 2.18 bits per heavy atom. The van der Waals surface area contributed by atoms with Gasteiger partial charge in [0.2, 0.25) is 0 Å².